The fraction of sp³-hybridized carbons (Fsp3) is 0.429. The van der Waals surface area contributed by atoms with Crippen LogP contribution in [-0.2, 0) is 0 Å². The molecule has 0 aliphatic carbocycles. The number of rotatable bonds is 4. The predicted octanol–water partition coefficient (Wildman–Crippen LogP) is 2.06. The SMILES string of the molecule is NC(=O)c1cnc2ccc(N3CCC(F)C3)nc2c1-c1cnn(C2CCNCC2)c1. The first kappa shape index (κ1) is 18.9. The maximum Gasteiger partial charge on any atom is 0.250 e. The van der Waals surface area contributed by atoms with E-state index in [0.717, 1.165) is 31.5 Å². The Morgan fingerprint density at radius 3 is 2.77 bits per heavy atom. The highest BCUT2D eigenvalue weighted by atomic mass is 19.1. The number of hydrogen-bond acceptors (Lipinski definition) is 6. The maximum atomic E-state index is 13.7. The molecule has 0 radical (unpaired) electrons. The van der Waals surface area contributed by atoms with Crippen LogP contribution in [-0.4, -0.2) is 58.0 Å². The first-order valence-corrected chi connectivity index (χ1v) is 10.3. The minimum absolute atomic E-state index is 0.307. The summed E-state index contributed by atoms with van der Waals surface area (Å²) in [6.45, 7) is 2.86. The molecule has 3 aromatic heterocycles. The van der Waals surface area contributed by atoms with Crippen LogP contribution in [0.1, 0.15) is 35.7 Å². The summed E-state index contributed by atoms with van der Waals surface area (Å²) in [6, 6.07) is 4.02. The molecule has 0 spiro atoms. The molecule has 9 heteroatoms. The fourth-order valence-electron chi connectivity index (χ4n) is 4.37. The van der Waals surface area contributed by atoms with E-state index < -0.39 is 12.1 Å². The number of hydrogen-bond donors (Lipinski definition) is 2. The van der Waals surface area contributed by atoms with Gasteiger partial charge in [-0.3, -0.25) is 14.5 Å². The van der Waals surface area contributed by atoms with Crippen molar-refractivity contribution < 1.29 is 9.18 Å². The molecule has 3 aromatic rings. The number of halogens is 1. The molecule has 5 rings (SSSR count). The van der Waals surface area contributed by atoms with Crippen molar-refractivity contribution in [3.63, 3.8) is 0 Å². The number of carbonyl (C=O) groups is 1. The van der Waals surface area contributed by atoms with Crippen LogP contribution in [0.15, 0.2) is 30.7 Å². The lowest BCUT2D eigenvalue weighted by atomic mass is 10.0. The highest BCUT2D eigenvalue weighted by molar-refractivity contribution is 6.06. The summed E-state index contributed by atoms with van der Waals surface area (Å²) in [6.07, 6.45) is 6.86. The van der Waals surface area contributed by atoms with Crippen molar-refractivity contribution in [2.24, 2.45) is 5.73 Å². The highest BCUT2D eigenvalue weighted by Crippen LogP contribution is 2.33. The van der Waals surface area contributed by atoms with Gasteiger partial charge >= 0.3 is 0 Å². The van der Waals surface area contributed by atoms with E-state index in [0.29, 0.717) is 53.5 Å². The van der Waals surface area contributed by atoms with E-state index >= 15 is 0 Å². The number of carbonyl (C=O) groups excluding carboxylic acids is 1. The second kappa shape index (κ2) is 7.64. The van der Waals surface area contributed by atoms with Gasteiger partial charge in [-0.2, -0.15) is 5.10 Å². The Labute approximate surface area is 173 Å². The van der Waals surface area contributed by atoms with Gasteiger partial charge in [0.05, 0.1) is 35.4 Å². The number of pyridine rings is 2. The molecular formula is C21H24FN7O. The van der Waals surface area contributed by atoms with Gasteiger partial charge in [0.25, 0.3) is 5.91 Å². The van der Waals surface area contributed by atoms with Gasteiger partial charge in [0.2, 0.25) is 0 Å². The molecule has 2 fully saturated rings. The van der Waals surface area contributed by atoms with Crippen LogP contribution < -0.4 is 16.0 Å². The minimum Gasteiger partial charge on any atom is -0.366 e. The van der Waals surface area contributed by atoms with E-state index in [4.69, 9.17) is 10.7 Å². The van der Waals surface area contributed by atoms with Gasteiger partial charge in [-0.15, -0.1) is 0 Å². The van der Waals surface area contributed by atoms with Gasteiger partial charge in [0.15, 0.2) is 0 Å². The smallest absolute Gasteiger partial charge is 0.250 e. The number of anilines is 1. The van der Waals surface area contributed by atoms with Crippen LogP contribution in [0.4, 0.5) is 10.2 Å². The number of aromatic nitrogens is 4. The van der Waals surface area contributed by atoms with Crippen LogP contribution in [0.3, 0.4) is 0 Å². The molecule has 1 unspecified atom stereocenters. The zero-order valence-corrected chi connectivity index (χ0v) is 16.6. The Kier molecular flexibility index (Phi) is 4.82. The summed E-state index contributed by atoms with van der Waals surface area (Å²) >= 11 is 0. The first-order valence-electron chi connectivity index (χ1n) is 10.3. The van der Waals surface area contributed by atoms with Crippen molar-refractivity contribution in [2.75, 3.05) is 31.1 Å². The first-order chi connectivity index (χ1) is 14.6. The van der Waals surface area contributed by atoms with E-state index in [-0.39, 0.29) is 0 Å². The van der Waals surface area contributed by atoms with E-state index in [9.17, 15) is 9.18 Å². The quantitative estimate of drug-likeness (QED) is 0.684. The Bertz CT molecular complexity index is 1090. The molecule has 8 nitrogen and oxygen atoms in total. The number of alkyl halides is 1. The van der Waals surface area contributed by atoms with Gasteiger partial charge in [-0.05, 0) is 44.5 Å². The van der Waals surface area contributed by atoms with Crippen molar-refractivity contribution >= 4 is 22.8 Å². The number of fused-ring (bicyclic) bond motifs is 1. The van der Waals surface area contributed by atoms with Gasteiger partial charge in [-0.25, -0.2) is 9.37 Å². The second-order valence-electron chi connectivity index (χ2n) is 7.97. The van der Waals surface area contributed by atoms with Crippen LogP contribution >= 0.6 is 0 Å². The molecule has 2 aliphatic heterocycles. The van der Waals surface area contributed by atoms with Crippen molar-refractivity contribution in [1.29, 1.82) is 0 Å². The molecule has 0 aromatic carbocycles. The summed E-state index contributed by atoms with van der Waals surface area (Å²) in [5, 5.41) is 7.92. The number of piperidine rings is 1. The molecule has 5 heterocycles. The predicted molar refractivity (Wildman–Crippen MR) is 112 cm³/mol. The molecule has 2 saturated heterocycles. The second-order valence-corrected chi connectivity index (χ2v) is 7.97. The summed E-state index contributed by atoms with van der Waals surface area (Å²) < 4.78 is 15.7. The number of nitrogens with one attached hydrogen (secondary N) is 1. The average Bonchev–Trinajstić information content (AvgIpc) is 3.42. The van der Waals surface area contributed by atoms with Crippen LogP contribution in [0, 0.1) is 0 Å². The van der Waals surface area contributed by atoms with E-state index in [1.54, 1.807) is 6.20 Å². The van der Waals surface area contributed by atoms with Crippen molar-refractivity contribution in [1.82, 2.24) is 25.1 Å². The summed E-state index contributed by atoms with van der Waals surface area (Å²) in [5.74, 6) is 0.115. The minimum atomic E-state index is -0.847. The van der Waals surface area contributed by atoms with E-state index in [1.165, 1.54) is 6.20 Å². The van der Waals surface area contributed by atoms with Crippen molar-refractivity contribution in [3.8, 4) is 11.1 Å². The highest BCUT2D eigenvalue weighted by Gasteiger charge is 2.25. The average molecular weight is 409 g/mol. The Hall–Kier alpha value is -3.07. The number of amides is 1. The maximum absolute atomic E-state index is 13.7. The lowest BCUT2D eigenvalue weighted by Crippen LogP contribution is -2.29. The van der Waals surface area contributed by atoms with Crippen LogP contribution in [0.25, 0.3) is 22.2 Å². The molecule has 30 heavy (non-hydrogen) atoms. The third kappa shape index (κ3) is 3.39. The zero-order chi connectivity index (χ0) is 20.7. The Balaban J connectivity index is 1.62. The molecule has 0 saturated carbocycles. The molecule has 2 aliphatic rings. The topological polar surface area (TPSA) is 102 Å². The third-order valence-electron chi connectivity index (χ3n) is 5.99. The molecule has 1 atom stereocenters. The largest absolute Gasteiger partial charge is 0.366 e. The van der Waals surface area contributed by atoms with Crippen LogP contribution in [0.5, 0.6) is 0 Å². The normalized spacial score (nSPS) is 20.2. The zero-order valence-electron chi connectivity index (χ0n) is 16.6. The fourth-order valence-corrected chi connectivity index (χ4v) is 4.37. The summed E-state index contributed by atoms with van der Waals surface area (Å²) in [7, 11) is 0. The number of nitrogens with zero attached hydrogens (tertiary/aromatic N) is 5. The van der Waals surface area contributed by atoms with Crippen molar-refractivity contribution in [3.05, 3.63) is 36.3 Å². The molecule has 156 valence electrons. The number of nitrogens with two attached hydrogens (primary N) is 1. The van der Waals surface area contributed by atoms with Gasteiger partial charge in [0.1, 0.15) is 12.0 Å². The van der Waals surface area contributed by atoms with Gasteiger partial charge < -0.3 is 16.0 Å². The lowest BCUT2D eigenvalue weighted by molar-refractivity contribution is 0.100. The third-order valence-corrected chi connectivity index (χ3v) is 5.99. The van der Waals surface area contributed by atoms with Crippen molar-refractivity contribution in [2.45, 2.75) is 31.5 Å². The number of primary amides is 1. The molecule has 1 amide bonds. The Morgan fingerprint density at radius 1 is 1.20 bits per heavy atom. The lowest BCUT2D eigenvalue weighted by Gasteiger charge is -2.22. The standard InChI is InChI=1S/C21H24FN7O/c22-14-5-8-28(12-14)18-2-1-17-20(27-18)19(16(10-25-17)21(23)30)13-9-26-29(11-13)15-3-6-24-7-4-15/h1-2,9-11,14-15,24H,3-8,12H2,(H2,23,30). The summed E-state index contributed by atoms with van der Waals surface area (Å²) in [4.78, 5) is 23.3. The van der Waals surface area contributed by atoms with Gasteiger partial charge in [0, 0.05) is 30.1 Å². The summed E-state index contributed by atoms with van der Waals surface area (Å²) in [5.41, 5.74) is 8.62. The van der Waals surface area contributed by atoms with E-state index in [1.807, 2.05) is 27.9 Å². The van der Waals surface area contributed by atoms with Gasteiger partial charge in [-0.1, -0.05) is 0 Å². The monoisotopic (exact) mass is 409 g/mol. The molecule has 3 N–H and O–H groups in total. The molecular weight excluding hydrogens is 385 g/mol. The van der Waals surface area contributed by atoms with E-state index in [2.05, 4.69) is 15.4 Å². The Morgan fingerprint density at radius 2 is 2.03 bits per heavy atom. The van der Waals surface area contributed by atoms with Crippen LogP contribution in [0.2, 0.25) is 0 Å². The molecule has 0 bridgehead atoms.